The monoisotopic (exact) mass is 435 g/mol. The molecule has 0 aliphatic heterocycles. The number of aromatic carboxylic acids is 1. The summed E-state index contributed by atoms with van der Waals surface area (Å²) in [6.45, 7) is 7.54. The molecule has 1 N–H and O–H groups in total. The van der Waals surface area contributed by atoms with Gasteiger partial charge in [-0.15, -0.1) is 0 Å². The van der Waals surface area contributed by atoms with Crippen LogP contribution in [0.4, 0.5) is 0 Å². The van der Waals surface area contributed by atoms with Crippen LogP contribution in [0.2, 0.25) is 0 Å². The van der Waals surface area contributed by atoms with E-state index in [1.54, 1.807) is 21.4 Å². The molecule has 3 aromatic rings. The highest BCUT2D eigenvalue weighted by atomic mass is 16.4. The van der Waals surface area contributed by atoms with Gasteiger partial charge in [0.05, 0.1) is 12.1 Å². The van der Waals surface area contributed by atoms with Gasteiger partial charge in [-0.2, -0.15) is 5.10 Å². The molecule has 0 spiro atoms. The molecular weight excluding hydrogens is 402 g/mol. The third-order valence-electron chi connectivity index (χ3n) is 5.58. The summed E-state index contributed by atoms with van der Waals surface area (Å²) < 4.78 is 3.39. The van der Waals surface area contributed by atoms with Gasteiger partial charge >= 0.3 is 11.7 Å². The molecule has 3 rings (SSSR count). The van der Waals surface area contributed by atoms with E-state index >= 15 is 0 Å². The molecule has 1 heterocycles. The predicted octanol–water partition coefficient (Wildman–Crippen LogP) is 5.24. The number of carboxylic acids is 1. The van der Waals surface area contributed by atoms with Crippen molar-refractivity contribution in [2.45, 2.75) is 66.0 Å². The molecule has 0 bridgehead atoms. The number of aryl methyl sites for hydroxylation is 1. The third kappa shape index (κ3) is 5.75. The van der Waals surface area contributed by atoms with Crippen LogP contribution in [0.5, 0.6) is 0 Å². The Balaban J connectivity index is 1.84. The Bertz CT molecular complexity index is 1090. The molecule has 0 atom stereocenters. The highest BCUT2D eigenvalue weighted by Gasteiger charge is 2.15. The van der Waals surface area contributed by atoms with E-state index < -0.39 is 5.97 Å². The summed E-state index contributed by atoms with van der Waals surface area (Å²) in [6, 6.07) is 14.7. The number of benzene rings is 2. The van der Waals surface area contributed by atoms with Gasteiger partial charge in [0.15, 0.2) is 0 Å². The standard InChI is InChI=1S/C26H33N3O3/c1-4-5-6-9-16-29-26(32)28(24(27-29)17-19(2)3)18-20-12-14-21(15-13-20)22-10-7-8-11-23(22)25(30)31/h7-8,10-15,19H,4-6,9,16-18H2,1-3H3,(H,30,31). The predicted molar refractivity (Wildman–Crippen MR) is 127 cm³/mol. The third-order valence-corrected chi connectivity index (χ3v) is 5.58. The van der Waals surface area contributed by atoms with Gasteiger partial charge in [-0.05, 0) is 35.1 Å². The summed E-state index contributed by atoms with van der Waals surface area (Å²) in [4.78, 5) is 24.6. The van der Waals surface area contributed by atoms with Gasteiger partial charge < -0.3 is 5.11 Å². The molecule has 2 aromatic carbocycles. The smallest absolute Gasteiger partial charge is 0.346 e. The molecule has 1 aromatic heterocycles. The van der Waals surface area contributed by atoms with Crippen LogP contribution in [0, 0.1) is 5.92 Å². The summed E-state index contributed by atoms with van der Waals surface area (Å²) in [5, 5.41) is 14.1. The zero-order valence-electron chi connectivity index (χ0n) is 19.3. The van der Waals surface area contributed by atoms with E-state index in [0.717, 1.165) is 42.6 Å². The fraction of sp³-hybridized carbons (Fsp3) is 0.423. The average molecular weight is 436 g/mol. The number of nitrogens with zero attached hydrogens (tertiary/aromatic N) is 3. The fourth-order valence-corrected chi connectivity index (χ4v) is 3.89. The number of hydrogen-bond donors (Lipinski definition) is 1. The Hall–Kier alpha value is -3.15. The Kier molecular flexibility index (Phi) is 8.03. The van der Waals surface area contributed by atoms with Gasteiger partial charge in [0.2, 0.25) is 0 Å². The maximum atomic E-state index is 13.0. The fourth-order valence-electron chi connectivity index (χ4n) is 3.89. The summed E-state index contributed by atoms with van der Waals surface area (Å²) in [6.07, 6.45) is 5.15. The molecule has 32 heavy (non-hydrogen) atoms. The van der Waals surface area contributed by atoms with E-state index in [9.17, 15) is 14.7 Å². The van der Waals surface area contributed by atoms with Crippen LogP contribution in [0.3, 0.4) is 0 Å². The van der Waals surface area contributed by atoms with E-state index in [-0.39, 0.29) is 11.3 Å². The second-order valence-electron chi connectivity index (χ2n) is 8.71. The molecule has 6 nitrogen and oxygen atoms in total. The first-order valence-corrected chi connectivity index (χ1v) is 11.5. The van der Waals surface area contributed by atoms with Crippen molar-refractivity contribution in [3.8, 4) is 11.1 Å². The number of hydrogen-bond acceptors (Lipinski definition) is 3. The molecule has 0 aliphatic carbocycles. The molecule has 0 amide bonds. The molecule has 0 saturated carbocycles. The molecule has 0 unspecified atom stereocenters. The number of rotatable bonds is 11. The van der Waals surface area contributed by atoms with Gasteiger partial charge in [-0.3, -0.25) is 4.57 Å². The van der Waals surface area contributed by atoms with E-state index in [1.807, 2.05) is 36.4 Å². The van der Waals surface area contributed by atoms with Crippen molar-refractivity contribution < 1.29 is 9.90 Å². The summed E-state index contributed by atoms with van der Waals surface area (Å²) in [5.41, 5.74) is 2.73. The summed E-state index contributed by atoms with van der Waals surface area (Å²) >= 11 is 0. The number of unbranched alkanes of at least 4 members (excludes halogenated alkanes) is 3. The zero-order valence-corrected chi connectivity index (χ0v) is 19.3. The van der Waals surface area contributed by atoms with Gasteiger partial charge in [0, 0.05) is 13.0 Å². The van der Waals surface area contributed by atoms with Crippen molar-refractivity contribution in [2.24, 2.45) is 5.92 Å². The molecule has 0 fully saturated rings. The first-order valence-electron chi connectivity index (χ1n) is 11.5. The maximum absolute atomic E-state index is 13.0. The molecule has 0 saturated heterocycles. The van der Waals surface area contributed by atoms with Gasteiger partial charge in [-0.1, -0.05) is 82.5 Å². The lowest BCUT2D eigenvalue weighted by molar-refractivity contribution is 0.0697. The maximum Gasteiger partial charge on any atom is 0.346 e. The minimum Gasteiger partial charge on any atom is -0.478 e. The zero-order chi connectivity index (χ0) is 23.1. The van der Waals surface area contributed by atoms with E-state index in [1.165, 1.54) is 6.42 Å². The molecule has 0 radical (unpaired) electrons. The van der Waals surface area contributed by atoms with Gasteiger partial charge in [-0.25, -0.2) is 14.3 Å². The van der Waals surface area contributed by atoms with E-state index in [2.05, 4.69) is 25.9 Å². The van der Waals surface area contributed by atoms with Crippen LogP contribution >= 0.6 is 0 Å². The molecule has 0 aliphatic rings. The SMILES string of the molecule is CCCCCCn1nc(CC(C)C)n(Cc2ccc(-c3ccccc3C(=O)O)cc2)c1=O. The topological polar surface area (TPSA) is 77.1 Å². The van der Waals surface area contributed by atoms with Gasteiger partial charge in [0.25, 0.3) is 0 Å². The first-order chi connectivity index (χ1) is 15.4. The quantitative estimate of drug-likeness (QED) is 0.418. The largest absolute Gasteiger partial charge is 0.478 e. The Morgan fingerprint density at radius 3 is 2.41 bits per heavy atom. The second-order valence-corrected chi connectivity index (χ2v) is 8.71. The molecule has 170 valence electrons. The van der Waals surface area contributed by atoms with Crippen molar-refractivity contribution in [3.63, 3.8) is 0 Å². The molecular formula is C26H33N3O3. The van der Waals surface area contributed by atoms with Crippen molar-refractivity contribution in [2.75, 3.05) is 0 Å². The van der Waals surface area contributed by atoms with E-state index in [0.29, 0.717) is 24.6 Å². The van der Waals surface area contributed by atoms with Crippen LogP contribution in [0.25, 0.3) is 11.1 Å². The van der Waals surface area contributed by atoms with Crippen molar-refractivity contribution in [3.05, 3.63) is 76.0 Å². The lowest BCUT2D eigenvalue weighted by Gasteiger charge is -2.10. The highest BCUT2D eigenvalue weighted by Crippen LogP contribution is 2.24. The number of carbonyl (C=O) groups is 1. The summed E-state index contributed by atoms with van der Waals surface area (Å²) in [5.74, 6) is 0.278. The molecule has 6 heteroatoms. The average Bonchev–Trinajstić information content (AvgIpc) is 3.05. The highest BCUT2D eigenvalue weighted by molar-refractivity contribution is 5.95. The van der Waals surface area contributed by atoms with Gasteiger partial charge in [0.1, 0.15) is 5.82 Å². The van der Waals surface area contributed by atoms with Crippen LogP contribution in [-0.4, -0.2) is 25.4 Å². The Labute approximate surface area is 189 Å². The lowest BCUT2D eigenvalue weighted by atomic mass is 9.99. The first kappa shape index (κ1) is 23.5. The van der Waals surface area contributed by atoms with Crippen molar-refractivity contribution in [1.29, 1.82) is 0 Å². The second kappa shape index (κ2) is 10.9. The van der Waals surface area contributed by atoms with Crippen LogP contribution in [0.15, 0.2) is 53.3 Å². The van der Waals surface area contributed by atoms with Crippen molar-refractivity contribution >= 4 is 5.97 Å². The lowest BCUT2D eigenvalue weighted by Crippen LogP contribution is -2.26. The van der Waals surface area contributed by atoms with Crippen molar-refractivity contribution in [1.82, 2.24) is 14.3 Å². The van der Waals surface area contributed by atoms with Crippen LogP contribution < -0.4 is 5.69 Å². The van der Waals surface area contributed by atoms with Crippen LogP contribution in [0.1, 0.15) is 68.2 Å². The minimum absolute atomic E-state index is 0.0579. The van der Waals surface area contributed by atoms with Crippen LogP contribution in [-0.2, 0) is 19.5 Å². The Morgan fingerprint density at radius 1 is 1.03 bits per heavy atom. The summed E-state index contributed by atoms with van der Waals surface area (Å²) in [7, 11) is 0. The number of aromatic nitrogens is 3. The normalized spacial score (nSPS) is 11.2. The number of carboxylic acid groups (broad SMARTS) is 1. The minimum atomic E-state index is -0.944. The Morgan fingerprint density at radius 2 is 1.75 bits per heavy atom. The van der Waals surface area contributed by atoms with E-state index in [4.69, 9.17) is 0 Å².